The van der Waals surface area contributed by atoms with E-state index in [1.165, 1.54) is 25.7 Å². The van der Waals surface area contributed by atoms with Crippen molar-refractivity contribution in [1.29, 1.82) is 0 Å². The summed E-state index contributed by atoms with van der Waals surface area (Å²) in [5, 5.41) is 0. The first kappa shape index (κ1) is 31.7. The molecule has 0 radical (unpaired) electrons. The maximum atomic E-state index is 12.6. The average molecular weight is 537 g/mol. The molecule has 218 valence electrons. The molecular weight excluding hydrogens is 484 g/mol. The summed E-state index contributed by atoms with van der Waals surface area (Å²) in [7, 11) is 0. The second-order valence-electron chi connectivity index (χ2n) is 11.6. The number of carbonyl (C=O) groups excluding carboxylic acids is 2. The van der Waals surface area contributed by atoms with Crippen LogP contribution in [0.3, 0.4) is 0 Å². The van der Waals surface area contributed by atoms with Gasteiger partial charge in [-0.3, -0.25) is 4.99 Å². The van der Waals surface area contributed by atoms with Crippen LogP contribution in [-0.4, -0.2) is 35.9 Å². The van der Waals surface area contributed by atoms with Crippen LogP contribution in [0.5, 0.6) is 0 Å². The third-order valence-corrected chi connectivity index (χ3v) is 8.34. The van der Waals surface area contributed by atoms with E-state index < -0.39 is 11.9 Å². The Morgan fingerprint density at radius 3 is 1.63 bits per heavy atom. The number of hydrogen-bond acceptors (Lipinski definition) is 6. The third-order valence-electron chi connectivity index (χ3n) is 8.34. The van der Waals surface area contributed by atoms with Crippen molar-refractivity contribution in [3.8, 4) is 0 Å². The number of guanidine groups is 2. The molecule has 0 aromatic heterocycles. The fourth-order valence-electron chi connectivity index (χ4n) is 6.18. The van der Waals surface area contributed by atoms with Crippen LogP contribution < -0.4 is 22.9 Å². The Morgan fingerprint density at radius 2 is 1.18 bits per heavy atom. The highest BCUT2D eigenvalue weighted by molar-refractivity contribution is 5.77. The molecule has 2 atom stereocenters. The van der Waals surface area contributed by atoms with Gasteiger partial charge in [-0.15, -0.1) is 0 Å². The van der Waals surface area contributed by atoms with Crippen LogP contribution in [-0.2, 0) is 19.4 Å². The molecule has 8 N–H and O–H groups in total. The molecule has 2 unspecified atom stereocenters. The predicted molar refractivity (Wildman–Crippen MR) is 150 cm³/mol. The average Bonchev–Trinajstić information content (AvgIpc) is 2.89. The highest BCUT2D eigenvalue weighted by atomic mass is 17.2. The van der Waals surface area contributed by atoms with Crippen molar-refractivity contribution in [1.82, 2.24) is 0 Å². The van der Waals surface area contributed by atoms with Crippen molar-refractivity contribution in [2.75, 3.05) is 0 Å². The predicted octanol–water partition coefficient (Wildman–Crippen LogP) is 3.90. The number of carbonyl (C=O) groups is 2. The van der Waals surface area contributed by atoms with E-state index in [2.05, 4.69) is 30.8 Å². The van der Waals surface area contributed by atoms with Gasteiger partial charge in [0, 0.05) is 0 Å². The van der Waals surface area contributed by atoms with E-state index in [0.717, 1.165) is 38.5 Å². The summed E-state index contributed by atoms with van der Waals surface area (Å²) in [5.41, 5.74) is 22.6. The van der Waals surface area contributed by atoms with Crippen molar-refractivity contribution in [3.63, 3.8) is 0 Å². The van der Waals surface area contributed by atoms with Crippen LogP contribution in [0.1, 0.15) is 111 Å². The van der Waals surface area contributed by atoms with Gasteiger partial charge in [0.25, 0.3) is 0 Å². The SMILES string of the molecule is CCCCCCCC(N=C(N)N)C1CCC(C(=O)OOC(=O)C2CCC(C(N=C(N)N)C(C)C)CC2)CC1. The van der Waals surface area contributed by atoms with Crippen LogP contribution in [0.15, 0.2) is 9.98 Å². The smallest absolute Gasteiger partial charge is 0.358 e. The van der Waals surface area contributed by atoms with Crippen LogP contribution in [0.25, 0.3) is 0 Å². The second-order valence-corrected chi connectivity index (χ2v) is 11.6. The summed E-state index contributed by atoms with van der Waals surface area (Å²) < 4.78 is 0. The van der Waals surface area contributed by atoms with E-state index in [4.69, 9.17) is 32.7 Å². The molecule has 0 aliphatic heterocycles. The third kappa shape index (κ3) is 10.7. The minimum absolute atomic E-state index is 0.0394. The monoisotopic (exact) mass is 536 g/mol. The Hall–Kier alpha value is -2.52. The largest absolute Gasteiger partial charge is 0.370 e. The highest BCUT2D eigenvalue weighted by Gasteiger charge is 2.35. The van der Waals surface area contributed by atoms with Gasteiger partial charge in [0.1, 0.15) is 0 Å². The molecule has 0 spiro atoms. The van der Waals surface area contributed by atoms with Gasteiger partial charge in [-0.1, -0.05) is 52.9 Å². The Morgan fingerprint density at radius 1 is 0.711 bits per heavy atom. The molecule has 0 heterocycles. The van der Waals surface area contributed by atoms with E-state index in [0.29, 0.717) is 43.4 Å². The molecule has 0 saturated heterocycles. The molecule has 10 nitrogen and oxygen atoms in total. The van der Waals surface area contributed by atoms with Gasteiger partial charge >= 0.3 is 11.9 Å². The van der Waals surface area contributed by atoms with E-state index >= 15 is 0 Å². The molecule has 2 saturated carbocycles. The van der Waals surface area contributed by atoms with Crippen LogP contribution in [0.4, 0.5) is 0 Å². The summed E-state index contributed by atoms with van der Waals surface area (Å²) >= 11 is 0. The summed E-state index contributed by atoms with van der Waals surface area (Å²) in [6.45, 7) is 6.40. The van der Waals surface area contributed by atoms with E-state index in [1.807, 2.05) is 0 Å². The molecule has 0 bridgehead atoms. The standard InChI is InChI=1S/C28H52N6O4/c1-4-5-6-7-8-9-23(33-27(29)30)19-10-14-21(15-11-19)25(35)37-38-26(36)22-16-12-20(13-17-22)24(18(2)3)34-28(31)32/h18-24H,4-17H2,1-3H3,(H4,29,30,33)(H4,31,32,34). The first-order valence-electron chi connectivity index (χ1n) is 14.7. The van der Waals surface area contributed by atoms with Gasteiger partial charge in [-0.05, 0) is 75.5 Å². The van der Waals surface area contributed by atoms with Crippen LogP contribution in [0.2, 0.25) is 0 Å². The zero-order valence-electron chi connectivity index (χ0n) is 23.8. The zero-order chi connectivity index (χ0) is 28.1. The van der Waals surface area contributed by atoms with Crippen molar-refractivity contribution in [2.24, 2.45) is 62.5 Å². The van der Waals surface area contributed by atoms with Gasteiger partial charge in [-0.2, -0.15) is 0 Å². The molecule has 0 aromatic rings. The summed E-state index contributed by atoms with van der Waals surface area (Å²) in [5.74, 6) is -0.286. The summed E-state index contributed by atoms with van der Waals surface area (Å²) in [6.07, 6.45) is 13.0. The Balaban J connectivity index is 1.75. The number of nitrogens with two attached hydrogens (primary N) is 4. The van der Waals surface area contributed by atoms with E-state index in [-0.39, 0.29) is 35.8 Å². The van der Waals surface area contributed by atoms with Crippen molar-refractivity contribution in [2.45, 2.75) is 123 Å². The molecule has 2 rings (SSSR count). The lowest BCUT2D eigenvalue weighted by atomic mass is 9.76. The molecule has 38 heavy (non-hydrogen) atoms. The quantitative estimate of drug-likeness (QED) is 0.0898. The Kier molecular flexibility index (Phi) is 13.7. The first-order chi connectivity index (χ1) is 18.1. The van der Waals surface area contributed by atoms with Crippen molar-refractivity contribution >= 4 is 23.9 Å². The molecule has 2 aliphatic carbocycles. The molecule has 10 heteroatoms. The maximum absolute atomic E-state index is 12.6. The number of aliphatic imine (C=N–C) groups is 2. The molecule has 0 amide bonds. The summed E-state index contributed by atoms with van der Waals surface area (Å²) in [4.78, 5) is 44.1. The van der Waals surface area contributed by atoms with E-state index in [9.17, 15) is 9.59 Å². The molecule has 0 aromatic carbocycles. The minimum Gasteiger partial charge on any atom is -0.370 e. The first-order valence-corrected chi connectivity index (χ1v) is 14.7. The lowest BCUT2D eigenvalue weighted by Crippen LogP contribution is -2.35. The number of rotatable bonds is 13. The Bertz CT molecular complexity index is 778. The number of hydrogen-bond donors (Lipinski definition) is 4. The van der Waals surface area contributed by atoms with Gasteiger partial charge in [0.15, 0.2) is 11.9 Å². The normalized spacial score (nSPS) is 25.2. The van der Waals surface area contributed by atoms with Crippen LogP contribution >= 0.6 is 0 Å². The topological polar surface area (TPSA) is 181 Å². The second kappa shape index (κ2) is 16.4. The fraction of sp³-hybridized carbons (Fsp3) is 0.857. The zero-order valence-corrected chi connectivity index (χ0v) is 23.8. The van der Waals surface area contributed by atoms with Crippen molar-refractivity contribution in [3.05, 3.63) is 0 Å². The van der Waals surface area contributed by atoms with Gasteiger partial charge < -0.3 is 22.9 Å². The molecule has 2 fully saturated rings. The maximum Gasteiger partial charge on any atom is 0.358 e. The Labute approximate surface area is 228 Å². The van der Waals surface area contributed by atoms with Crippen molar-refractivity contribution < 1.29 is 19.4 Å². The number of unbranched alkanes of at least 4 members (excludes halogenated alkanes) is 4. The number of nitrogens with zero attached hydrogens (tertiary/aromatic N) is 2. The molecule has 2 aliphatic rings. The molecular formula is C28H52N6O4. The van der Waals surface area contributed by atoms with Gasteiger partial charge in [0.2, 0.25) is 0 Å². The lowest BCUT2D eigenvalue weighted by Gasteiger charge is -2.33. The highest BCUT2D eigenvalue weighted by Crippen LogP contribution is 2.36. The van der Waals surface area contributed by atoms with Gasteiger partial charge in [0.05, 0.1) is 23.9 Å². The van der Waals surface area contributed by atoms with Crippen LogP contribution in [0, 0.1) is 29.6 Å². The fourth-order valence-corrected chi connectivity index (χ4v) is 6.18. The van der Waals surface area contributed by atoms with Gasteiger partial charge in [-0.25, -0.2) is 24.4 Å². The van der Waals surface area contributed by atoms with E-state index in [1.54, 1.807) is 0 Å². The lowest BCUT2D eigenvalue weighted by molar-refractivity contribution is -0.266. The summed E-state index contributed by atoms with van der Waals surface area (Å²) in [6, 6.07) is 0.131. The minimum atomic E-state index is -0.468.